The second kappa shape index (κ2) is 4.90. The minimum Gasteiger partial charge on any atom is -0.373 e. The van der Waals surface area contributed by atoms with Crippen LogP contribution in [0.25, 0.3) is 0 Å². The van der Waals surface area contributed by atoms with Crippen molar-refractivity contribution in [1.29, 1.82) is 0 Å². The molecular weight excluding hydrogens is 212 g/mol. The SMILES string of the molecule is CNc1cc(N2C[C@@H](C)C[C@H](C)C2)nc(C)n1. The Bertz CT molecular complexity index is 381. The first-order valence-electron chi connectivity index (χ1n) is 6.37. The first-order valence-corrected chi connectivity index (χ1v) is 6.37. The molecule has 1 aromatic heterocycles. The minimum atomic E-state index is 0.743. The predicted octanol–water partition coefficient (Wildman–Crippen LogP) is 2.31. The molecule has 2 atom stereocenters. The van der Waals surface area contributed by atoms with Gasteiger partial charge in [0.05, 0.1) is 0 Å². The van der Waals surface area contributed by atoms with Crippen LogP contribution >= 0.6 is 0 Å². The summed E-state index contributed by atoms with van der Waals surface area (Å²) in [5, 5.41) is 3.09. The van der Waals surface area contributed by atoms with E-state index >= 15 is 0 Å². The van der Waals surface area contributed by atoms with Crippen LogP contribution in [-0.2, 0) is 0 Å². The molecule has 0 unspecified atom stereocenters. The van der Waals surface area contributed by atoms with E-state index in [0.717, 1.165) is 42.4 Å². The number of hydrogen-bond donors (Lipinski definition) is 1. The molecule has 0 aliphatic carbocycles. The highest BCUT2D eigenvalue weighted by molar-refractivity contribution is 5.49. The maximum Gasteiger partial charge on any atom is 0.134 e. The number of piperidine rings is 1. The van der Waals surface area contributed by atoms with E-state index in [1.165, 1.54) is 6.42 Å². The van der Waals surface area contributed by atoms with E-state index in [1.54, 1.807) is 0 Å². The van der Waals surface area contributed by atoms with Crippen LogP contribution in [0.2, 0.25) is 0 Å². The molecule has 94 valence electrons. The van der Waals surface area contributed by atoms with E-state index in [9.17, 15) is 0 Å². The Hall–Kier alpha value is -1.32. The maximum absolute atomic E-state index is 4.55. The van der Waals surface area contributed by atoms with Gasteiger partial charge in [0.2, 0.25) is 0 Å². The van der Waals surface area contributed by atoms with Gasteiger partial charge < -0.3 is 10.2 Å². The number of aryl methyl sites for hydroxylation is 1. The largest absolute Gasteiger partial charge is 0.373 e. The lowest BCUT2D eigenvalue weighted by Gasteiger charge is -2.35. The molecule has 1 aromatic rings. The summed E-state index contributed by atoms with van der Waals surface area (Å²) in [7, 11) is 1.90. The van der Waals surface area contributed by atoms with Gasteiger partial charge in [0.25, 0.3) is 0 Å². The zero-order valence-electron chi connectivity index (χ0n) is 11.2. The van der Waals surface area contributed by atoms with Crippen molar-refractivity contribution < 1.29 is 0 Å². The van der Waals surface area contributed by atoms with Gasteiger partial charge in [-0.05, 0) is 25.2 Å². The summed E-state index contributed by atoms with van der Waals surface area (Å²) in [6.07, 6.45) is 1.32. The van der Waals surface area contributed by atoms with Crippen molar-refractivity contribution in [3.63, 3.8) is 0 Å². The van der Waals surface area contributed by atoms with Gasteiger partial charge in [0.1, 0.15) is 17.5 Å². The zero-order valence-corrected chi connectivity index (χ0v) is 11.2. The number of nitrogens with one attached hydrogen (secondary N) is 1. The fourth-order valence-corrected chi connectivity index (χ4v) is 2.69. The molecule has 0 radical (unpaired) electrons. The fraction of sp³-hybridized carbons (Fsp3) is 0.692. The van der Waals surface area contributed by atoms with Crippen LogP contribution in [0.5, 0.6) is 0 Å². The number of aromatic nitrogens is 2. The molecule has 4 nitrogen and oxygen atoms in total. The van der Waals surface area contributed by atoms with Gasteiger partial charge in [-0.15, -0.1) is 0 Å². The Balaban J connectivity index is 2.23. The Morgan fingerprint density at radius 3 is 2.47 bits per heavy atom. The predicted molar refractivity (Wildman–Crippen MR) is 71.5 cm³/mol. The molecule has 0 aromatic carbocycles. The van der Waals surface area contributed by atoms with Crippen LogP contribution in [0.1, 0.15) is 26.1 Å². The molecule has 4 heteroatoms. The summed E-state index contributed by atoms with van der Waals surface area (Å²) in [4.78, 5) is 11.3. The third-order valence-electron chi connectivity index (χ3n) is 3.27. The molecule has 0 amide bonds. The molecule has 1 aliphatic heterocycles. The van der Waals surface area contributed by atoms with Crippen LogP contribution in [0, 0.1) is 18.8 Å². The van der Waals surface area contributed by atoms with Crippen molar-refractivity contribution in [2.24, 2.45) is 11.8 Å². The Labute approximate surface area is 103 Å². The van der Waals surface area contributed by atoms with Crippen molar-refractivity contribution >= 4 is 11.6 Å². The van der Waals surface area contributed by atoms with Crippen molar-refractivity contribution in [3.8, 4) is 0 Å². The number of hydrogen-bond acceptors (Lipinski definition) is 4. The molecule has 0 saturated carbocycles. The summed E-state index contributed by atoms with van der Waals surface area (Å²) >= 11 is 0. The van der Waals surface area contributed by atoms with E-state index < -0.39 is 0 Å². The lowest BCUT2D eigenvalue weighted by Crippen LogP contribution is -2.39. The summed E-state index contributed by atoms with van der Waals surface area (Å²) in [6.45, 7) is 8.78. The van der Waals surface area contributed by atoms with Crippen LogP contribution < -0.4 is 10.2 Å². The molecule has 0 spiro atoms. The summed E-state index contributed by atoms with van der Waals surface area (Å²) in [5.41, 5.74) is 0. The van der Waals surface area contributed by atoms with E-state index in [4.69, 9.17) is 0 Å². The van der Waals surface area contributed by atoms with Crippen molar-refractivity contribution in [2.75, 3.05) is 30.4 Å². The molecule has 1 N–H and O–H groups in total. The third-order valence-corrected chi connectivity index (χ3v) is 3.27. The molecule has 1 saturated heterocycles. The van der Waals surface area contributed by atoms with E-state index in [1.807, 2.05) is 20.0 Å². The Morgan fingerprint density at radius 1 is 1.24 bits per heavy atom. The summed E-state index contributed by atoms with van der Waals surface area (Å²) < 4.78 is 0. The smallest absolute Gasteiger partial charge is 0.134 e. The number of rotatable bonds is 2. The first kappa shape index (κ1) is 12.1. The molecule has 0 bridgehead atoms. The average Bonchev–Trinajstić information content (AvgIpc) is 2.26. The van der Waals surface area contributed by atoms with Gasteiger partial charge in [-0.25, -0.2) is 9.97 Å². The van der Waals surface area contributed by atoms with Crippen LogP contribution in [0.3, 0.4) is 0 Å². The Kier molecular flexibility index (Phi) is 3.50. The highest BCUT2D eigenvalue weighted by Gasteiger charge is 2.23. The van der Waals surface area contributed by atoms with Gasteiger partial charge in [-0.3, -0.25) is 0 Å². The molecule has 1 aliphatic rings. The third kappa shape index (κ3) is 2.87. The van der Waals surface area contributed by atoms with E-state index in [0.29, 0.717) is 0 Å². The topological polar surface area (TPSA) is 41.0 Å². The van der Waals surface area contributed by atoms with E-state index in [2.05, 4.69) is 34.0 Å². The molecular formula is C13H22N4. The first-order chi connectivity index (χ1) is 8.08. The van der Waals surface area contributed by atoms with Gasteiger partial charge in [-0.2, -0.15) is 0 Å². The summed E-state index contributed by atoms with van der Waals surface area (Å²) in [6, 6.07) is 2.04. The van der Waals surface area contributed by atoms with Crippen molar-refractivity contribution in [2.45, 2.75) is 27.2 Å². The lowest BCUT2D eigenvalue weighted by molar-refractivity contribution is 0.355. The zero-order chi connectivity index (χ0) is 12.4. The highest BCUT2D eigenvalue weighted by Crippen LogP contribution is 2.26. The molecule has 1 fully saturated rings. The van der Waals surface area contributed by atoms with Crippen molar-refractivity contribution in [3.05, 3.63) is 11.9 Å². The average molecular weight is 234 g/mol. The minimum absolute atomic E-state index is 0.743. The standard InChI is InChI=1S/C13H22N4/c1-9-5-10(2)8-17(7-9)13-6-12(14-4)15-11(3)16-13/h6,9-10H,5,7-8H2,1-4H3,(H,14,15,16)/t9-,10-/m0/s1. The quantitative estimate of drug-likeness (QED) is 0.852. The number of nitrogens with zero attached hydrogens (tertiary/aromatic N) is 3. The second-order valence-corrected chi connectivity index (χ2v) is 5.26. The van der Waals surface area contributed by atoms with Crippen LogP contribution in [0.15, 0.2) is 6.07 Å². The van der Waals surface area contributed by atoms with Crippen LogP contribution in [-0.4, -0.2) is 30.1 Å². The monoisotopic (exact) mass is 234 g/mol. The Morgan fingerprint density at radius 2 is 1.88 bits per heavy atom. The summed E-state index contributed by atoms with van der Waals surface area (Å²) in [5.74, 6) is 4.27. The molecule has 17 heavy (non-hydrogen) atoms. The van der Waals surface area contributed by atoms with E-state index in [-0.39, 0.29) is 0 Å². The van der Waals surface area contributed by atoms with Gasteiger partial charge in [-0.1, -0.05) is 13.8 Å². The number of anilines is 2. The second-order valence-electron chi connectivity index (χ2n) is 5.26. The fourth-order valence-electron chi connectivity index (χ4n) is 2.69. The van der Waals surface area contributed by atoms with Gasteiger partial charge in [0, 0.05) is 26.2 Å². The maximum atomic E-state index is 4.55. The van der Waals surface area contributed by atoms with Crippen molar-refractivity contribution in [1.82, 2.24) is 9.97 Å². The van der Waals surface area contributed by atoms with Gasteiger partial charge in [0.15, 0.2) is 0 Å². The lowest BCUT2D eigenvalue weighted by atomic mass is 9.92. The highest BCUT2D eigenvalue weighted by atomic mass is 15.2. The van der Waals surface area contributed by atoms with Crippen LogP contribution in [0.4, 0.5) is 11.6 Å². The molecule has 2 rings (SSSR count). The van der Waals surface area contributed by atoms with Gasteiger partial charge >= 0.3 is 0 Å². The molecule has 2 heterocycles. The normalized spacial score (nSPS) is 24.8.